The molecule has 1 fully saturated rings. The van der Waals surface area contributed by atoms with Gasteiger partial charge in [0.1, 0.15) is 0 Å². The predicted octanol–water partition coefficient (Wildman–Crippen LogP) is 0.687. The summed E-state index contributed by atoms with van der Waals surface area (Å²) in [5, 5.41) is 10.4. The zero-order valence-electron chi connectivity index (χ0n) is 6.38. The number of alkyl halides is 1. The second-order valence-corrected chi connectivity index (χ2v) is 4.07. The van der Waals surface area contributed by atoms with Crippen LogP contribution in [0, 0.1) is 5.92 Å². The molecule has 1 rings (SSSR count). The van der Waals surface area contributed by atoms with Crippen LogP contribution in [0.3, 0.4) is 0 Å². The van der Waals surface area contributed by atoms with Crippen molar-refractivity contribution in [3.05, 3.63) is 0 Å². The molecule has 2 unspecified atom stereocenters. The molecule has 59 valence electrons. The van der Waals surface area contributed by atoms with Gasteiger partial charge in [-0.1, -0.05) is 22.4 Å². The van der Waals surface area contributed by atoms with Crippen molar-refractivity contribution >= 4 is 21.9 Å². The Labute approximate surface area is 95.4 Å². The standard InChI is InChI=1S/C7H11BrO2.Hg/c8-6-3-1-2-5(4-6)7(9)10;/h5-6H,1-4H2,(H,9,10);/q;+1/p-1. The van der Waals surface area contributed by atoms with Crippen molar-refractivity contribution in [3.63, 3.8) is 0 Å². The van der Waals surface area contributed by atoms with Crippen LogP contribution in [0.1, 0.15) is 25.7 Å². The van der Waals surface area contributed by atoms with Crippen LogP contribution in [0.2, 0.25) is 0 Å². The van der Waals surface area contributed by atoms with Gasteiger partial charge in [0.2, 0.25) is 0 Å². The quantitative estimate of drug-likeness (QED) is 0.475. The molecular formula is C7H10BrHgO2. The maximum Gasteiger partial charge on any atom is 1.00 e. The van der Waals surface area contributed by atoms with E-state index in [0.717, 1.165) is 25.7 Å². The van der Waals surface area contributed by atoms with Crippen LogP contribution in [0.25, 0.3) is 0 Å². The Morgan fingerprint density at radius 2 is 2.09 bits per heavy atom. The van der Waals surface area contributed by atoms with Crippen LogP contribution in [0.4, 0.5) is 0 Å². The first-order valence-electron chi connectivity index (χ1n) is 3.55. The van der Waals surface area contributed by atoms with E-state index >= 15 is 0 Å². The van der Waals surface area contributed by atoms with E-state index in [1.165, 1.54) is 0 Å². The molecular weight excluding hydrogens is 397 g/mol. The Kier molecular flexibility index (Phi) is 5.96. The van der Waals surface area contributed by atoms with Gasteiger partial charge in [0.25, 0.3) is 0 Å². The molecule has 1 radical (unpaired) electrons. The van der Waals surface area contributed by atoms with Crippen molar-refractivity contribution in [1.82, 2.24) is 0 Å². The van der Waals surface area contributed by atoms with Gasteiger partial charge in [-0.05, 0) is 25.2 Å². The average molecular weight is 407 g/mol. The van der Waals surface area contributed by atoms with Crippen molar-refractivity contribution in [1.29, 1.82) is 0 Å². The van der Waals surface area contributed by atoms with E-state index in [4.69, 9.17) is 0 Å². The summed E-state index contributed by atoms with van der Waals surface area (Å²) in [6, 6.07) is 0. The number of carboxylic acid groups (broad SMARTS) is 1. The van der Waals surface area contributed by atoms with Gasteiger partial charge < -0.3 is 9.90 Å². The molecule has 0 aromatic heterocycles. The SMILES string of the molecule is O=C([O-])C1CCCC(Br)C1.[Hg+]. The number of carboxylic acids is 1. The summed E-state index contributed by atoms with van der Waals surface area (Å²) < 4.78 is 0. The zero-order chi connectivity index (χ0) is 7.56. The monoisotopic (exact) mass is 407 g/mol. The number of hydrogen-bond acceptors (Lipinski definition) is 2. The molecule has 0 aromatic rings. The Hall–Kier alpha value is 0.885. The number of aliphatic carboxylic acids is 1. The topological polar surface area (TPSA) is 40.1 Å². The van der Waals surface area contributed by atoms with Crippen LogP contribution in [-0.4, -0.2) is 10.8 Å². The van der Waals surface area contributed by atoms with E-state index < -0.39 is 5.97 Å². The van der Waals surface area contributed by atoms with E-state index in [2.05, 4.69) is 15.9 Å². The van der Waals surface area contributed by atoms with Gasteiger partial charge >= 0.3 is 27.7 Å². The fourth-order valence-electron chi connectivity index (χ4n) is 1.34. The third-order valence-electron chi connectivity index (χ3n) is 1.94. The molecule has 2 nitrogen and oxygen atoms in total. The van der Waals surface area contributed by atoms with Gasteiger partial charge in [0.15, 0.2) is 0 Å². The number of carbonyl (C=O) groups is 1. The first-order valence-corrected chi connectivity index (χ1v) is 4.46. The number of halogens is 1. The van der Waals surface area contributed by atoms with E-state index in [9.17, 15) is 9.90 Å². The molecule has 0 heterocycles. The van der Waals surface area contributed by atoms with Crippen molar-refractivity contribution in [2.75, 3.05) is 0 Å². The minimum absolute atomic E-state index is 0. The summed E-state index contributed by atoms with van der Waals surface area (Å²) in [5.74, 6) is -1.10. The molecule has 4 heteroatoms. The molecule has 1 saturated carbocycles. The van der Waals surface area contributed by atoms with Crippen LogP contribution in [-0.2, 0) is 32.5 Å². The van der Waals surface area contributed by atoms with Gasteiger partial charge in [-0.25, -0.2) is 0 Å². The molecule has 0 aromatic carbocycles. The molecule has 0 bridgehead atoms. The first kappa shape index (κ1) is 11.9. The maximum absolute atomic E-state index is 10.4. The summed E-state index contributed by atoms with van der Waals surface area (Å²) in [5.41, 5.74) is 0. The largest absolute Gasteiger partial charge is 1.00 e. The molecule has 11 heavy (non-hydrogen) atoms. The maximum atomic E-state index is 10.4. The molecule has 1 aliphatic rings. The Balaban J connectivity index is 0.000001000. The number of carbonyl (C=O) groups excluding carboxylic acids is 1. The molecule has 0 aliphatic heterocycles. The predicted molar refractivity (Wildman–Crippen MR) is 39.7 cm³/mol. The number of rotatable bonds is 1. The van der Waals surface area contributed by atoms with E-state index in [0.29, 0.717) is 4.83 Å². The van der Waals surface area contributed by atoms with Crippen LogP contribution < -0.4 is 5.11 Å². The van der Waals surface area contributed by atoms with Gasteiger partial charge in [-0.15, -0.1) is 0 Å². The molecule has 0 N–H and O–H groups in total. The second kappa shape index (κ2) is 5.52. The fraction of sp³-hybridized carbons (Fsp3) is 0.857. The van der Waals surface area contributed by atoms with Crippen LogP contribution in [0.15, 0.2) is 0 Å². The first-order chi connectivity index (χ1) is 4.70. The summed E-state index contributed by atoms with van der Waals surface area (Å²) in [4.78, 5) is 10.8. The Morgan fingerprint density at radius 3 is 2.45 bits per heavy atom. The van der Waals surface area contributed by atoms with E-state index in [1.807, 2.05) is 0 Å². The van der Waals surface area contributed by atoms with Crippen molar-refractivity contribution in [3.8, 4) is 0 Å². The van der Waals surface area contributed by atoms with Gasteiger partial charge in [0, 0.05) is 10.8 Å². The van der Waals surface area contributed by atoms with Crippen LogP contribution >= 0.6 is 15.9 Å². The summed E-state index contributed by atoms with van der Waals surface area (Å²) in [6.07, 6.45) is 3.64. The van der Waals surface area contributed by atoms with Gasteiger partial charge in [-0.2, -0.15) is 0 Å². The summed E-state index contributed by atoms with van der Waals surface area (Å²) in [6.45, 7) is 0. The third kappa shape index (κ3) is 3.88. The zero-order valence-corrected chi connectivity index (χ0v) is 13.5. The smallest absolute Gasteiger partial charge is 0.550 e. The van der Waals surface area contributed by atoms with Gasteiger partial charge in [-0.3, -0.25) is 0 Å². The average Bonchev–Trinajstić information content (AvgIpc) is 1.88. The third-order valence-corrected chi connectivity index (χ3v) is 2.78. The van der Waals surface area contributed by atoms with Crippen LogP contribution in [0.5, 0.6) is 0 Å². The second-order valence-electron chi connectivity index (χ2n) is 2.78. The Bertz CT molecular complexity index is 140. The fourth-order valence-corrected chi connectivity index (χ4v) is 2.12. The van der Waals surface area contributed by atoms with Crippen molar-refractivity contribution in [2.24, 2.45) is 5.92 Å². The molecule has 0 saturated heterocycles. The molecule has 0 amide bonds. The molecule has 2 atom stereocenters. The van der Waals surface area contributed by atoms with Crippen molar-refractivity contribution in [2.45, 2.75) is 30.5 Å². The molecule has 1 aliphatic carbocycles. The summed E-state index contributed by atoms with van der Waals surface area (Å²) in [7, 11) is 0. The minimum atomic E-state index is -0.885. The summed E-state index contributed by atoms with van der Waals surface area (Å²) >= 11 is 3.41. The minimum Gasteiger partial charge on any atom is -0.550 e. The normalized spacial score (nSPS) is 30.6. The number of hydrogen-bond donors (Lipinski definition) is 0. The Morgan fingerprint density at radius 1 is 1.45 bits per heavy atom. The molecule has 0 spiro atoms. The van der Waals surface area contributed by atoms with E-state index in [-0.39, 0.29) is 33.6 Å². The van der Waals surface area contributed by atoms with E-state index in [1.54, 1.807) is 0 Å². The van der Waals surface area contributed by atoms with Gasteiger partial charge in [0.05, 0.1) is 0 Å². The van der Waals surface area contributed by atoms with Crippen molar-refractivity contribution < 1.29 is 37.6 Å².